The summed E-state index contributed by atoms with van der Waals surface area (Å²) in [6, 6.07) is 8.61. The van der Waals surface area contributed by atoms with E-state index in [0.29, 0.717) is 18.6 Å². The van der Waals surface area contributed by atoms with E-state index in [0.717, 1.165) is 55.0 Å². The first kappa shape index (κ1) is 24.1. The number of rotatable bonds is 11. The third-order valence-electron chi connectivity index (χ3n) is 6.32. The summed E-state index contributed by atoms with van der Waals surface area (Å²) in [4.78, 5) is 14.3. The molecule has 1 aliphatic rings. The topological polar surface area (TPSA) is 87.8 Å². The van der Waals surface area contributed by atoms with Gasteiger partial charge in [-0.3, -0.25) is 4.79 Å². The standard InChI is InChI=1S/C26H37N3O3/c1-17-6-7-18(2)25(20(17)4)32-13-9-28-19(3)14-21-15-22-8-11-29(10-5-12-30)24(22)23(16-21)26(27)31/h6-7,15-16,19,28,30H,5,8-14H2,1-4H3,(H2,27,31)/t19-/m1/s1. The summed E-state index contributed by atoms with van der Waals surface area (Å²) >= 11 is 0. The summed E-state index contributed by atoms with van der Waals surface area (Å²) in [6.07, 6.45) is 2.40. The zero-order chi connectivity index (χ0) is 23.3. The van der Waals surface area contributed by atoms with E-state index >= 15 is 0 Å². The Hall–Kier alpha value is -2.57. The fourth-order valence-electron chi connectivity index (χ4n) is 4.51. The van der Waals surface area contributed by atoms with E-state index in [4.69, 9.17) is 15.6 Å². The Kier molecular flexibility index (Phi) is 8.15. The van der Waals surface area contributed by atoms with E-state index in [1.807, 2.05) is 6.07 Å². The second-order valence-corrected chi connectivity index (χ2v) is 8.89. The number of ether oxygens (including phenoxy) is 1. The highest BCUT2D eigenvalue weighted by Gasteiger charge is 2.25. The molecule has 0 fully saturated rings. The minimum atomic E-state index is -0.392. The van der Waals surface area contributed by atoms with Crippen molar-refractivity contribution in [1.82, 2.24) is 5.32 Å². The molecule has 1 heterocycles. The van der Waals surface area contributed by atoms with Gasteiger partial charge in [-0.1, -0.05) is 18.2 Å². The summed E-state index contributed by atoms with van der Waals surface area (Å²) in [5.74, 6) is 0.590. The summed E-state index contributed by atoms with van der Waals surface area (Å²) in [5, 5.41) is 12.7. The van der Waals surface area contributed by atoms with Crippen molar-refractivity contribution in [2.75, 3.05) is 37.7 Å². The van der Waals surface area contributed by atoms with Crippen molar-refractivity contribution in [3.05, 3.63) is 57.6 Å². The smallest absolute Gasteiger partial charge is 0.250 e. The monoisotopic (exact) mass is 439 g/mol. The second kappa shape index (κ2) is 10.8. The molecule has 32 heavy (non-hydrogen) atoms. The molecule has 2 aromatic rings. The van der Waals surface area contributed by atoms with Gasteiger partial charge in [-0.05, 0) is 80.8 Å². The van der Waals surface area contributed by atoms with Gasteiger partial charge in [0.25, 0.3) is 5.91 Å². The molecule has 6 nitrogen and oxygen atoms in total. The van der Waals surface area contributed by atoms with Crippen LogP contribution in [0.3, 0.4) is 0 Å². The maximum Gasteiger partial charge on any atom is 0.250 e. The van der Waals surface area contributed by atoms with Gasteiger partial charge in [0.2, 0.25) is 0 Å². The van der Waals surface area contributed by atoms with E-state index < -0.39 is 5.91 Å². The predicted molar refractivity (Wildman–Crippen MR) is 130 cm³/mol. The lowest BCUT2D eigenvalue weighted by atomic mass is 9.98. The number of nitrogens with zero attached hydrogens (tertiary/aromatic N) is 1. The number of primary amides is 1. The molecule has 1 atom stereocenters. The maximum absolute atomic E-state index is 12.2. The quantitative estimate of drug-likeness (QED) is 0.469. The number of aliphatic hydroxyl groups is 1. The Labute approximate surface area is 191 Å². The summed E-state index contributed by atoms with van der Waals surface area (Å²) in [5.41, 5.74) is 13.2. The molecule has 0 bridgehead atoms. The van der Waals surface area contributed by atoms with Crippen molar-refractivity contribution in [3.8, 4) is 5.75 Å². The molecule has 2 aromatic carbocycles. The summed E-state index contributed by atoms with van der Waals surface area (Å²) in [6.45, 7) is 11.5. The molecule has 1 aliphatic heterocycles. The molecule has 0 unspecified atom stereocenters. The highest BCUT2D eigenvalue weighted by Crippen LogP contribution is 2.33. The van der Waals surface area contributed by atoms with Gasteiger partial charge < -0.3 is 25.8 Å². The fourth-order valence-corrected chi connectivity index (χ4v) is 4.51. The first-order valence-corrected chi connectivity index (χ1v) is 11.6. The normalized spacial score (nSPS) is 13.8. The molecule has 0 spiro atoms. The van der Waals surface area contributed by atoms with Crippen LogP contribution in [0.2, 0.25) is 0 Å². The van der Waals surface area contributed by atoms with Gasteiger partial charge in [-0.25, -0.2) is 0 Å². The predicted octanol–water partition coefficient (Wildman–Crippen LogP) is 3.06. The lowest BCUT2D eigenvalue weighted by molar-refractivity contribution is 0.100. The van der Waals surface area contributed by atoms with Crippen LogP contribution < -0.4 is 20.7 Å². The lowest BCUT2D eigenvalue weighted by Crippen LogP contribution is -2.32. The number of anilines is 1. The number of aryl methyl sites for hydroxylation is 2. The van der Waals surface area contributed by atoms with E-state index in [1.54, 1.807) is 0 Å². The highest BCUT2D eigenvalue weighted by molar-refractivity contribution is 6.00. The number of benzene rings is 2. The molecular weight excluding hydrogens is 402 g/mol. The van der Waals surface area contributed by atoms with Crippen LogP contribution in [-0.4, -0.2) is 49.9 Å². The van der Waals surface area contributed by atoms with E-state index in [2.05, 4.69) is 56.1 Å². The number of nitrogens with two attached hydrogens (primary N) is 1. The molecule has 174 valence electrons. The molecule has 1 amide bonds. The molecule has 4 N–H and O–H groups in total. The largest absolute Gasteiger partial charge is 0.492 e. The Bertz CT molecular complexity index is 958. The number of fused-ring (bicyclic) bond motifs is 1. The van der Waals surface area contributed by atoms with Crippen LogP contribution in [0.25, 0.3) is 0 Å². The lowest BCUT2D eigenvalue weighted by Gasteiger charge is -2.22. The molecule has 0 aliphatic carbocycles. The fraction of sp³-hybridized carbons (Fsp3) is 0.500. The number of aliphatic hydroxyl groups excluding tert-OH is 1. The molecule has 0 saturated carbocycles. The average molecular weight is 440 g/mol. The first-order valence-electron chi connectivity index (χ1n) is 11.6. The number of amides is 1. The van der Waals surface area contributed by atoms with Gasteiger partial charge in [0.15, 0.2) is 0 Å². The summed E-state index contributed by atoms with van der Waals surface area (Å²) < 4.78 is 6.06. The molecule has 0 saturated heterocycles. The van der Waals surface area contributed by atoms with Crippen LogP contribution in [0, 0.1) is 20.8 Å². The van der Waals surface area contributed by atoms with Gasteiger partial charge in [-0.2, -0.15) is 0 Å². The molecule has 3 rings (SSSR count). The second-order valence-electron chi connectivity index (χ2n) is 8.89. The van der Waals surface area contributed by atoms with Crippen LogP contribution in [-0.2, 0) is 12.8 Å². The van der Waals surface area contributed by atoms with Gasteiger partial charge in [-0.15, -0.1) is 0 Å². The Balaban J connectivity index is 1.59. The molecular formula is C26H37N3O3. The van der Waals surface area contributed by atoms with Crippen LogP contribution in [0.1, 0.15) is 51.5 Å². The van der Waals surface area contributed by atoms with Crippen molar-refractivity contribution >= 4 is 11.6 Å². The highest BCUT2D eigenvalue weighted by atomic mass is 16.5. The van der Waals surface area contributed by atoms with Crippen LogP contribution in [0.4, 0.5) is 5.69 Å². The molecule has 0 aromatic heterocycles. The van der Waals surface area contributed by atoms with E-state index in [1.165, 1.54) is 16.7 Å². The first-order chi connectivity index (χ1) is 15.3. The van der Waals surface area contributed by atoms with Gasteiger partial charge in [0.05, 0.1) is 11.3 Å². The average Bonchev–Trinajstić information content (AvgIpc) is 3.16. The number of carbonyl (C=O) groups excluding carboxylic acids is 1. The van der Waals surface area contributed by atoms with Crippen molar-refractivity contribution in [3.63, 3.8) is 0 Å². The van der Waals surface area contributed by atoms with Gasteiger partial charge >= 0.3 is 0 Å². The van der Waals surface area contributed by atoms with E-state index in [9.17, 15) is 4.79 Å². The Morgan fingerprint density at radius 1 is 1.25 bits per heavy atom. The minimum absolute atomic E-state index is 0.145. The third-order valence-corrected chi connectivity index (χ3v) is 6.32. The van der Waals surface area contributed by atoms with Crippen molar-refractivity contribution in [2.45, 2.75) is 53.0 Å². The zero-order valence-corrected chi connectivity index (χ0v) is 19.8. The summed E-state index contributed by atoms with van der Waals surface area (Å²) in [7, 11) is 0. The molecule has 0 radical (unpaired) electrons. The van der Waals surface area contributed by atoms with Gasteiger partial charge in [0.1, 0.15) is 12.4 Å². The van der Waals surface area contributed by atoms with Crippen LogP contribution >= 0.6 is 0 Å². The van der Waals surface area contributed by atoms with Crippen molar-refractivity contribution in [1.29, 1.82) is 0 Å². The molecule has 6 heteroatoms. The number of hydrogen-bond acceptors (Lipinski definition) is 5. The Morgan fingerprint density at radius 3 is 2.72 bits per heavy atom. The third kappa shape index (κ3) is 5.61. The van der Waals surface area contributed by atoms with Crippen LogP contribution in [0.15, 0.2) is 24.3 Å². The minimum Gasteiger partial charge on any atom is -0.492 e. The van der Waals surface area contributed by atoms with Crippen molar-refractivity contribution < 1.29 is 14.6 Å². The van der Waals surface area contributed by atoms with Crippen molar-refractivity contribution in [2.24, 2.45) is 5.73 Å². The van der Waals surface area contributed by atoms with Gasteiger partial charge in [0, 0.05) is 32.3 Å². The number of carbonyl (C=O) groups is 1. The van der Waals surface area contributed by atoms with Crippen LogP contribution in [0.5, 0.6) is 5.75 Å². The zero-order valence-electron chi connectivity index (χ0n) is 19.8. The number of nitrogens with one attached hydrogen (secondary N) is 1. The Morgan fingerprint density at radius 2 is 2.00 bits per heavy atom. The number of hydrogen-bond donors (Lipinski definition) is 3. The SMILES string of the molecule is Cc1ccc(C)c(OCCN[C@H](C)Cc2cc3c(c(C(N)=O)c2)N(CCCO)CC3)c1C. The maximum atomic E-state index is 12.2. The van der Waals surface area contributed by atoms with E-state index in [-0.39, 0.29) is 12.6 Å².